The van der Waals surface area contributed by atoms with Gasteiger partial charge in [-0.3, -0.25) is 4.57 Å². The van der Waals surface area contributed by atoms with Crippen LogP contribution in [0.2, 0.25) is 0 Å². The molecule has 4 aromatic rings. The van der Waals surface area contributed by atoms with Crippen molar-refractivity contribution in [1.29, 1.82) is 0 Å². The van der Waals surface area contributed by atoms with Gasteiger partial charge in [0.25, 0.3) is 0 Å². The molecule has 2 N–H and O–H groups in total. The summed E-state index contributed by atoms with van der Waals surface area (Å²) in [5.74, 6) is 0.559. The van der Waals surface area contributed by atoms with Crippen LogP contribution in [0.3, 0.4) is 0 Å². The second-order valence-corrected chi connectivity index (χ2v) is 11.1. The van der Waals surface area contributed by atoms with E-state index in [9.17, 15) is 4.79 Å². The van der Waals surface area contributed by atoms with Gasteiger partial charge in [-0.15, -0.1) is 0 Å². The molecule has 1 aliphatic heterocycles. The van der Waals surface area contributed by atoms with Gasteiger partial charge in [0, 0.05) is 18.4 Å². The van der Waals surface area contributed by atoms with E-state index in [1.807, 2.05) is 85.8 Å². The zero-order valence-electron chi connectivity index (χ0n) is 22.8. The Hall–Kier alpha value is -3.61. The molecule has 42 heavy (non-hydrogen) atoms. The molecule has 0 aliphatic carbocycles. The molecule has 11 heteroatoms. The van der Waals surface area contributed by atoms with Gasteiger partial charge >= 0.3 is 10.9 Å². The summed E-state index contributed by atoms with van der Waals surface area (Å²) in [6, 6.07) is 28.5. The summed E-state index contributed by atoms with van der Waals surface area (Å²) in [5.41, 5.74) is 6.13. The number of benzene rings is 3. The maximum Gasteiger partial charge on any atom is 0.358 e. The van der Waals surface area contributed by atoms with Gasteiger partial charge < -0.3 is 29.4 Å². The number of ether oxygens (including phenoxy) is 5. The molecule has 0 amide bonds. The van der Waals surface area contributed by atoms with Gasteiger partial charge in [-0.25, -0.2) is 4.79 Å². The second kappa shape index (κ2) is 13.6. The fourth-order valence-electron chi connectivity index (χ4n) is 4.70. The number of anilines is 1. The molecule has 0 spiro atoms. The van der Waals surface area contributed by atoms with Crippen LogP contribution in [0, 0.1) is 0 Å². The number of para-hydroxylation sites is 1. The molecule has 1 saturated heterocycles. The Morgan fingerprint density at radius 2 is 1.60 bits per heavy atom. The first-order valence-corrected chi connectivity index (χ1v) is 14.5. The highest BCUT2D eigenvalue weighted by Crippen LogP contribution is 2.41. The van der Waals surface area contributed by atoms with Gasteiger partial charge in [-0.1, -0.05) is 78.9 Å². The number of aromatic nitrogens is 2. The standard InChI is InChI=1S/C31H30BrN3O6S/c1-31(20-37-18-21-11-5-2-6-12-21)26(38-19-22-13-7-3-8-14-22)25(40-30(42)39-23-15-9-4-10-16-23)28(41-31)35-17-24(32)27(33)34-29(35)36/h2-17,25-26,28H,18-20H2,1H3,(H2,33,34,36)/t25-,26+,28-,31-/m1/s1. The number of nitrogen functional groups attached to an aromatic ring is 1. The summed E-state index contributed by atoms with van der Waals surface area (Å²) in [6.45, 7) is 2.59. The monoisotopic (exact) mass is 651 g/mol. The Kier molecular flexibility index (Phi) is 9.65. The minimum Gasteiger partial charge on any atom is -0.446 e. The Labute approximate surface area is 257 Å². The van der Waals surface area contributed by atoms with E-state index in [2.05, 4.69) is 20.9 Å². The van der Waals surface area contributed by atoms with E-state index in [0.717, 1.165) is 11.1 Å². The maximum atomic E-state index is 13.1. The number of nitrogens with two attached hydrogens (primary N) is 1. The first-order valence-electron chi connectivity index (χ1n) is 13.2. The lowest BCUT2D eigenvalue weighted by Gasteiger charge is -2.31. The van der Waals surface area contributed by atoms with Gasteiger partial charge in [-0.05, 0) is 46.1 Å². The van der Waals surface area contributed by atoms with Crippen molar-refractivity contribution in [3.8, 4) is 5.75 Å². The van der Waals surface area contributed by atoms with Crippen molar-refractivity contribution >= 4 is 39.2 Å². The van der Waals surface area contributed by atoms with Gasteiger partial charge in [-0.2, -0.15) is 4.98 Å². The third-order valence-corrected chi connectivity index (χ3v) is 7.52. The largest absolute Gasteiger partial charge is 0.446 e. The third kappa shape index (κ3) is 7.23. The summed E-state index contributed by atoms with van der Waals surface area (Å²) in [4.78, 5) is 17.0. The summed E-state index contributed by atoms with van der Waals surface area (Å²) >= 11 is 8.86. The van der Waals surface area contributed by atoms with E-state index in [1.54, 1.807) is 12.1 Å². The molecule has 0 radical (unpaired) electrons. The minimum absolute atomic E-state index is 0.0560. The maximum absolute atomic E-state index is 13.1. The van der Waals surface area contributed by atoms with Gasteiger partial charge in [0.15, 0.2) is 12.3 Å². The average molecular weight is 653 g/mol. The number of rotatable bonds is 10. The molecule has 1 aromatic heterocycles. The Morgan fingerprint density at radius 1 is 1.00 bits per heavy atom. The normalized spacial score (nSPS) is 21.6. The second-order valence-electron chi connectivity index (χ2n) is 9.93. The van der Waals surface area contributed by atoms with Crippen molar-refractivity contribution in [3.05, 3.63) is 123 Å². The van der Waals surface area contributed by atoms with Crippen molar-refractivity contribution in [2.24, 2.45) is 0 Å². The molecule has 0 bridgehead atoms. The van der Waals surface area contributed by atoms with Crippen LogP contribution in [0.15, 0.2) is 106 Å². The van der Waals surface area contributed by atoms with E-state index >= 15 is 0 Å². The summed E-state index contributed by atoms with van der Waals surface area (Å²) < 4.78 is 33.0. The van der Waals surface area contributed by atoms with Crippen LogP contribution in [0.5, 0.6) is 5.75 Å². The molecule has 0 saturated carbocycles. The van der Waals surface area contributed by atoms with Crippen molar-refractivity contribution < 1.29 is 23.7 Å². The zero-order chi connectivity index (χ0) is 29.5. The molecular formula is C31H30BrN3O6S. The van der Waals surface area contributed by atoms with E-state index in [0.29, 0.717) is 16.8 Å². The molecule has 0 unspecified atom stereocenters. The number of halogens is 1. The highest BCUT2D eigenvalue weighted by Gasteiger charge is 2.56. The van der Waals surface area contributed by atoms with Gasteiger partial charge in [0.2, 0.25) is 0 Å². The number of hydrogen-bond acceptors (Lipinski definition) is 9. The van der Waals surface area contributed by atoms with Crippen molar-refractivity contribution in [2.75, 3.05) is 12.3 Å². The first kappa shape index (κ1) is 29.9. The van der Waals surface area contributed by atoms with Crippen LogP contribution >= 0.6 is 28.1 Å². The molecule has 2 heterocycles. The Balaban J connectivity index is 1.47. The number of thiocarbonyl (C=S) groups is 1. The Bertz CT molecular complexity index is 1540. The van der Waals surface area contributed by atoms with Crippen LogP contribution in [-0.4, -0.2) is 39.2 Å². The van der Waals surface area contributed by atoms with Crippen LogP contribution in [0.25, 0.3) is 0 Å². The van der Waals surface area contributed by atoms with Crippen LogP contribution in [0.1, 0.15) is 24.3 Å². The number of hydrogen-bond donors (Lipinski definition) is 1. The molecule has 218 valence electrons. The topological polar surface area (TPSA) is 107 Å². The molecule has 5 rings (SSSR count). The van der Waals surface area contributed by atoms with Crippen molar-refractivity contribution in [1.82, 2.24) is 9.55 Å². The van der Waals surface area contributed by atoms with Crippen LogP contribution in [0.4, 0.5) is 5.82 Å². The van der Waals surface area contributed by atoms with Crippen molar-refractivity contribution in [2.45, 2.75) is 44.2 Å². The first-order chi connectivity index (χ1) is 20.3. The summed E-state index contributed by atoms with van der Waals surface area (Å²) in [5, 5.41) is -0.155. The number of nitrogens with zero attached hydrogens (tertiary/aromatic N) is 2. The highest BCUT2D eigenvalue weighted by molar-refractivity contribution is 9.10. The molecule has 9 nitrogen and oxygen atoms in total. The lowest BCUT2D eigenvalue weighted by molar-refractivity contribution is -0.147. The van der Waals surface area contributed by atoms with Crippen LogP contribution in [-0.2, 0) is 32.2 Å². The van der Waals surface area contributed by atoms with E-state index < -0.39 is 29.7 Å². The molecule has 4 atom stereocenters. The highest BCUT2D eigenvalue weighted by atomic mass is 79.9. The van der Waals surface area contributed by atoms with E-state index in [-0.39, 0.29) is 24.3 Å². The fraction of sp³-hybridized carbons (Fsp3) is 0.258. The van der Waals surface area contributed by atoms with Crippen molar-refractivity contribution in [3.63, 3.8) is 0 Å². The lowest BCUT2D eigenvalue weighted by atomic mass is 9.97. The van der Waals surface area contributed by atoms with Gasteiger partial charge in [0.1, 0.15) is 23.3 Å². The van der Waals surface area contributed by atoms with E-state index in [1.165, 1.54) is 10.8 Å². The zero-order valence-corrected chi connectivity index (χ0v) is 25.2. The summed E-state index contributed by atoms with van der Waals surface area (Å²) in [7, 11) is 0. The third-order valence-electron chi connectivity index (χ3n) is 6.73. The summed E-state index contributed by atoms with van der Waals surface area (Å²) in [6.07, 6.45) is -1.17. The fourth-order valence-corrected chi connectivity index (χ4v) is 5.21. The average Bonchev–Trinajstić information content (AvgIpc) is 3.25. The smallest absolute Gasteiger partial charge is 0.358 e. The predicted octanol–water partition coefficient (Wildman–Crippen LogP) is 5.43. The quantitative estimate of drug-likeness (QED) is 0.225. The van der Waals surface area contributed by atoms with Gasteiger partial charge in [0.05, 0.1) is 24.3 Å². The SMILES string of the molecule is C[C@]1(COCc2ccccc2)O[C@@H](n2cc(Br)c(N)nc2=O)[C@H](OC(=S)Oc2ccccc2)[C@@H]1OCc1ccccc1. The lowest BCUT2D eigenvalue weighted by Crippen LogP contribution is -2.47. The molecule has 3 aromatic carbocycles. The van der Waals surface area contributed by atoms with E-state index in [4.69, 9.17) is 41.6 Å². The van der Waals surface area contributed by atoms with Crippen LogP contribution < -0.4 is 16.2 Å². The molecular weight excluding hydrogens is 622 g/mol. The molecule has 1 aliphatic rings. The minimum atomic E-state index is -1.07. The molecule has 1 fully saturated rings. The Morgan fingerprint density at radius 3 is 2.24 bits per heavy atom. The predicted molar refractivity (Wildman–Crippen MR) is 165 cm³/mol.